The van der Waals surface area contributed by atoms with Gasteiger partial charge in [-0.1, -0.05) is 6.92 Å². The van der Waals surface area contributed by atoms with E-state index in [9.17, 15) is 4.79 Å². The van der Waals surface area contributed by atoms with Crippen LogP contribution >= 0.6 is 0 Å². The molecule has 0 fully saturated rings. The molecule has 0 amide bonds. The van der Waals surface area contributed by atoms with Crippen LogP contribution in [0.3, 0.4) is 0 Å². The summed E-state index contributed by atoms with van der Waals surface area (Å²) in [6.07, 6.45) is 0.765. The van der Waals surface area contributed by atoms with Crippen LogP contribution in [-0.4, -0.2) is 28.7 Å². The number of ether oxygens (including phenoxy) is 1. The maximum absolute atomic E-state index is 11.9. The highest BCUT2D eigenvalue weighted by Gasteiger charge is 2.13. The third kappa shape index (κ3) is 3.38. The average Bonchev–Trinajstić information content (AvgIpc) is 2.25. The van der Waals surface area contributed by atoms with Gasteiger partial charge >= 0.3 is 0 Å². The second-order valence-corrected chi connectivity index (χ2v) is 3.98. The van der Waals surface area contributed by atoms with E-state index in [-0.39, 0.29) is 18.5 Å². The summed E-state index contributed by atoms with van der Waals surface area (Å²) in [5.74, 6) is -0.0245. The van der Waals surface area contributed by atoms with Gasteiger partial charge in [0, 0.05) is 5.56 Å². The number of nitrogens with zero attached hydrogens (tertiary/aromatic N) is 2. The lowest BCUT2D eigenvalue weighted by molar-refractivity contribution is 0.0583. The van der Waals surface area contributed by atoms with Gasteiger partial charge in [0.25, 0.3) is 0 Å². The summed E-state index contributed by atoms with van der Waals surface area (Å²) < 4.78 is 5.30. The van der Waals surface area contributed by atoms with Crippen LogP contribution in [0.25, 0.3) is 0 Å². The highest BCUT2D eigenvalue weighted by atomic mass is 16.5. The van der Waals surface area contributed by atoms with Crippen molar-refractivity contribution in [3.8, 4) is 0 Å². The highest BCUT2D eigenvalue weighted by molar-refractivity contribution is 5.98. The van der Waals surface area contributed by atoms with Crippen LogP contribution in [0.2, 0.25) is 0 Å². The van der Waals surface area contributed by atoms with Crippen molar-refractivity contribution in [3.63, 3.8) is 0 Å². The zero-order valence-electron chi connectivity index (χ0n) is 10.3. The molecule has 1 heterocycles. The van der Waals surface area contributed by atoms with Crippen LogP contribution < -0.4 is 0 Å². The minimum Gasteiger partial charge on any atom is -0.371 e. The fourth-order valence-corrected chi connectivity index (χ4v) is 1.34. The van der Waals surface area contributed by atoms with Crippen LogP contribution in [-0.2, 0) is 11.2 Å². The topological polar surface area (TPSA) is 52.1 Å². The molecule has 0 aromatic carbocycles. The zero-order chi connectivity index (χ0) is 12.1. The average molecular weight is 222 g/mol. The second-order valence-electron chi connectivity index (χ2n) is 3.98. The van der Waals surface area contributed by atoms with Gasteiger partial charge in [-0.05, 0) is 33.3 Å². The molecule has 0 unspecified atom stereocenters. The minimum absolute atomic E-state index is 0.0245. The molecule has 0 atom stereocenters. The van der Waals surface area contributed by atoms with Crippen molar-refractivity contribution in [2.45, 2.75) is 40.2 Å². The summed E-state index contributed by atoms with van der Waals surface area (Å²) in [5, 5.41) is 7.96. The Bertz CT molecular complexity index is 375. The number of rotatable bonds is 5. The maximum atomic E-state index is 11.9. The first-order valence-corrected chi connectivity index (χ1v) is 5.52. The number of aryl methyl sites for hydroxylation is 2. The summed E-state index contributed by atoms with van der Waals surface area (Å²) in [6.45, 7) is 7.70. The molecule has 0 saturated heterocycles. The third-order valence-electron chi connectivity index (χ3n) is 2.18. The number of ketones is 1. The smallest absolute Gasteiger partial charge is 0.190 e. The quantitative estimate of drug-likeness (QED) is 0.714. The second kappa shape index (κ2) is 5.70. The minimum atomic E-state index is -0.0245. The Balaban J connectivity index is 2.84. The van der Waals surface area contributed by atoms with Gasteiger partial charge in [0.15, 0.2) is 5.78 Å². The Morgan fingerprint density at radius 1 is 1.44 bits per heavy atom. The predicted octanol–water partition coefficient (Wildman–Crippen LogP) is 1.96. The first-order valence-electron chi connectivity index (χ1n) is 5.52. The summed E-state index contributed by atoms with van der Waals surface area (Å²) in [4.78, 5) is 11.9. The normalized spacial score (nSPS) is 10.8. The Kier molecular flexibility index (Phi) is 4.55. The predicted molar refractivity (Wildman–Crippen MR) is 61.6 cm³/mol. The van der Waals surface area contributed by atoms with E-state index >= 15 is 0 Å². The van der Waals surface area contributed by atoms with E-state index < -0.39 is 0 Å². The molecule has 4 heteroatoms. The fourth-order valence-electron chi connectivity index (χ4n) is 1.34. The first kappa shape index (κ1) is 12.8. The van der Waals surface area contributed by atoms with E-state index in [0.717, 1.165) is 11.4 Å². The van der Waals surface area contributed by atoms with Crippen molar-refractivity contribution < 1.29 is 9.53 Å². The van der Waals surface area contributed by atoms with E-state index in [1.807, 2.05) is 27.7 Å². The number of carbonyl (C=O) groups excluding carboxylic acids is 1. The SMILES string of the molecule is CCc1nnc(C)cc1C(=O)COC(C)C. The molecular formula is C12H18N2O2. The molecule has 0 N–H and O–H groups in total. The molecule has 1 rings (SSSR count). The van der Waals surface area contributed by atoms with Crippen molar-refractivity contribution in [1.29, 1.82) is 0 Å². The molecule has 0 radical (unpaired) electrons. The van der Waals surface area contributed by atoms with Crippen LogP contribution in [0.5, 0.6) is 0 Å². The van der Waals surface area contributed by atoms with Crippen molar-refractivity contribution in [3.05, 3.63) is 23.0 Å². The van der Waals surface area contributed by atoms with Crippen LogP contribution in [0.1, 0.15) is 42.5 Å². The molecule has 0 bridgehead atoms. The summed E-state index contributed by atoms with van der Waals surface area (Å²) in [5.41, 5.74) is 2.13. The van der Waals surface area contributed by atoms with Gasteiger partial charge in [0.05, 0.1) is 17.5 Å². The molecule has 0 spiro atoms. The maximum Gasteiger partial charge on any atom is 0.190 e. The summed E-state index contributed by atoms with van der Waals surface area (Å²) in [6, 6.07) is 1.78. The Hall–Kier alpha value is -1.29. The molecule has 4 nitrogen and oxygen atoms in total. The number of aromatic nitrogens is 2. The number of carbonyl (C=O) groups is 1. The zero-order valence-corrected chi connectivity index (χ0v) is 10.3. The molecule has 0 saturated carbocycles. The summed E-state index contributed by atoms with van der Waals surface area (Å²) in [7, 11) is 0. The van der Waals surface area contributed by atoms with E-state index in [4.69, 9.17) is 4.74 Å². The van der Waals surface area contributed by atoms with E-state index in [0.29, 0.717) is 12.0 Å². The van der Waals surface area contributed by atoms with Gasteiger partial charge in [0.1, 0.15) is 6.61 Å². The monoisotopic (exact) mass is 222 g/mol. The largest absolute Gasteiger partial charge is 0.371 e. The third-order valence-corrected chi connectivity index (χ3v) is 2.18. The van der Waals surface area contributed by atoms with Crippen LogP contribution in [0.4, 0.5) is 0 Å². The fraction of sp³-hybridized carbons (Fsp3) is 0.583. The van der Waals surface area contributed by atoms with Crippen LogP contribution in [0, 0.1) is 6.92 Å². The molecule has 16 heavy (non-hydrogen) atoms. The first-order chi connectivity index (χ1) is 7.54. The molecule has 1 aromatic heterocycles. The van der Waals surface area contributed by atoms with Crippen molar-refractivity contribution >= 4 is 5.78 Å². The van der Waals surface area contributed by atoms with Gasteiger partial charge in [-0.2, -0.15) is 10.2 Å². The number of hydrogen-bond acceptors (Lipinski definition) is 4. The standard InChI is InChI=1S/C12H18N2O2/c1-5-11-10(6-9(4)13-14-11)12(15)7-16-8(2)3/h6,8H,5,7H2,1-4H3. The Morgan fingerprint density at radius 2 is 2.12 bits per heavy atom. The molecule has 88 valence electrons. The van der Waals surface area contributed by atoms with Gasteiger partial charge < -0.3 is 4.74 Å². The molecule has 0 aliphatic rings. The summed E-state index contributed by atoms with van der Waals surface area (Å²) >= 11 is 0. The van der Waals surface area contributed by atoms with E-state index in [2.05, 4.69) is 10.2 Å². The van der Waals surface area contributed by atoms with Crippen molar-refractivity contribution in [1.82, 2.24) is 10.2 Å². The lowest BCUT2D eigenvalue weighted by atomic mass is 10.1. The van der Waals surface area contributed by atoms with Crippen LogP contribution in [0.15, 0.2) is 6.07 Å². The lowest BCUT2D eigenvalue weighted by Gasteiger charge is -2.09. The van der Waals surface area contributed by atoms with Gasteiger partial charge in [-0.3, -0.25) is 4.79 Å². The Labute approximate surface area is 96.0 Å². The molecule has 0 aliphatic heterocycles. The molecule has 1 aromatic rings. The number of hydrogen-bond donors (Lipinski definition) is 0. The van der Waals surface area contributed by atoms with Crippen molar-refractivity contribution in [2.75, 3.05) is 6.61 Å². The Morgan fingerprint density at radius 3 is 2.69 bits per heavy atom. The number of Topliss-reactive ketones (excluding diaryl/α,β-unsaturated/α-hetero) is 1. The molecular weight excluding hydrogens is 204 g/mol. The van der Waals surface area contributed by atoms with Gasteiger partial charge in [0.2, 0.25) is 0 Å². The van der Waals surface area contributed by atoms with Crippen molar-refractivity contribution in [2.24, 2.45) is 0 Å². The van der Waals surface area contributed by atoms with E-state index in [1.165, 1.54) is 0 Å². The van der Waals surface area contributed by atoms with Gasteiger partial charge in [-0.15, -0.1) is 0 Å². The lowest BCUT2D eigenvalue weighted by Crippen LogP contribution is -2.16. The highest BCUT2D eigenvalue weighted by Crippen LogP contribution is 2.09. The van der Waals surface area contributed by atoms with Gasteiger partial charge in [-0.25, -0.2) is 0 Å². The molecule has 0 aliphatic carbocycles. The van der Waals surface area contributed by atoms with E-state index in [1.54, 1.807) is 6.07 Å².